The predicted octanol–water partition coefficient (Wildman–Crippen LogP) is 4.20. The van der Waals surface area contributed by atoms with Crippen LogP contribution in [0.1, 0.15) is 54.7 Å². The molecule has 1 fully saturated rings. The molecule has 1 aliphatic rings. The lowest BCUT2D eigenvalue weighted by molar-refractivity contribution is -0.131. The van der Waals surface area contributed by atoms with Crippen molar-refractivity contribution in [2.45, 2.75) is 65.0 Å². The van der Waals surface area contributed by atoms with Gasteiger partial charge in [-0.25, -0.2) is 0 Å². The highest BCUT2D eigenvalue weighted by molar-refractivity contribution is 5.78. The Bertz CT molecular complexity index is 711. The van der Waals surface area contributed by atoms with Crippen LogP contribution in [0, 0.1) is 13.8 Å². The monoisotopic (exact) mass is 356 g/mol. The van der Waals surface area contributed by atoms with E-state index < -0.39 is 0 Å². The molecule has 140 valence electrons. The minimum absolute atomic E-state index is 0.196. The first-order valence-corrected chi connectivity index (χ1v) is 9.43. The molecule has 1 heterocycles. The minimum atomic E-state index is 0.196. The van der Waals surface area contributed by atoms with Crippen molar-refractivity contribution in [3.8, 4) is 5.75 Å². The summed E-state index contributed by atoms with van der Waals surface area (Å²) >= 11 is 0. The fourth-order valence-electron chi connectivity index (χ4n) is 3.54. The number of hydrogen-bond donors (Lipinski definition) is 0. The molecule has 1 aromatic carbocycles. The summed E-state index contributed by atoms with van der Waals surface area (Å²) in [6, 6.07) is 8.18. The SMILES string of the molecule is Cc1noc(C)c1COc1ccc(CC(=O)N(C)C2CCCCC2)cc1. The van der Waals surface area contributed by atoms with Crippen LogP contribution in [-0.4, -0.2) is 29.1 Å². The van der Waals surface area contributed by atoms with Gasteiger partial charge in [-0.15, -0.1) is 0 Å². The van der Waals surface area contributed by atoms with Gasteiger partial charge in [0.15, 0.2) is 0 Å². The number of carbonyl (C=O) groups is 1. The molecule has 0 atom stereocenters. The average molecular weight is 356 g/mol. The molecule has 0 bridgehead atoms. The first kappa shape index (κ1) is 18.5. The third-order valence-corrected chi connectivity index (χ3v) is 5.36. The second kappa shape index (κ2) is 8.39. The van der Waals surface area contributed by atoms with Crippen molar-refractivity contribution in [3.05, 3.63) is 46.8 Å². The first-order valence-electron chi connectivity index (χ1n) is 9.43. The molecule has 0 saturated heterocycles. The van der Waals surface area contributed by atoms with Crippen molar-refractivity contribution in [2.24, 2.45) is 0 Å². The second-order valence-corrected chi connectivity index (χ2v) is 7.21. The van der Waals surface area contributed by atoms with Crippen LogP contribution in [0.3, 0.4) is 0 Å². The molecule has 5 heteroatoms. The summed E-state index contributed by atoms with van der Waals surface area (Å²) in [5.74, 6) is 1.76. The van der Waals surface area contributed by atoms with E-state index in [1.807, 2.05) is 50.1 Å². The third-order valence-electron chi connectivity index (χ3n) is 5.36. The van der Waals surface area contributed by atoms with Gasteiger partial charge in [0.05, 0.1) is 17.7 Å². The number of aryl methyl sites for hydroxylation is 2. The van der Waals surface area contributed by atoms with Crippen molar-refractivity contribution >= 4 is 5.91 Å². The Morgan fingerprint density at radius 3 is 2.50 bits per heavy atom. The third kappa shape index (κ3) is 4.45. The minimum Gasteiger partial charge on any atom is -0.489 e. The molecule has 1 aromatic heterocycles. The molecule has 0 unspecified atom stereocenters. The van der Waals surface area contributed by atoms with Crippen molar-refractivity contribution in [3.63, 3.8) is 0 Å². The smallest absolute Gasteiger partial charge is 0.226 e. The predicted molar refractivity (Wildman–Crippen MR) is 100 cm³/mol. The summed E-state index contributed by atoms with van der Waals surface area (Å²) in [4.78, 5) is 14.5. The highest BCUT2D eigenvalue weighted by Crippen LogP contribution is 2.23. The van der Waals surface area contributed by atoms with Gasteiger partial charge in [0, 0.05) is 13.1 Å². The van der Waals surface area contributed by atoms with Crippen LogP contribution in [0.2, 0.25) is 0 Å². The first-order chi connectivity index (χ1) is 12.5. The maximum Gasteiger partial charge on any atom is 0.226 e. The number of rotatable bonds is 6. The molecule has 3 rings (SSSR count). The number of nitrogens with zero attached hydrogens (tertiary/aromatic N) is 2. The van der Waals surface area contributed by atoms with Gasteiger partial charge >= 0.3 is 0 Å². The van der Waals surface area contributed by atoms with Crippen LogP contribution >= 0.6 is 0 Å². The van der Waals surface area contributed by atoms with Gasteiger partial charge in [-0.2, -0.15) is 0 Å². The molecule has 1 amide bonds. The van der Waals surface area contributed by atoms with Gasteiger partial charge in [0.1, 0.15) is 18.1 Å². The van der Waals surface area contributed by atoms with E-state index in [1.165, 1.54) is 19.3 Å². The lowest BCUT2D eigenvalue weighted by Gasteiger charge is -2.31. The molecule has 1 saturated carbocycles. The van der Waals surface area contributed by atoms with Crippen LogP contribution in [0.15, 0.2) is 28.8 Å². The summed E-state index contributed by atoms with van der Waals surface area (Å²) in [6.45, 7) is 4.23. The normalized spacial score (nSPS) is 15.0. The Balaban J connectivity index is 1.53. The number of amides is 1. The van der Waals surface area contributed by atoms with Crippen LogP contribution in [0.25, 0.3) is 0 Å². The van der Waals surface area contributed by atoms with E-state index >= 15 is 0 Å². The molecule has 2 aromatic rings. The maximum absolute atomic E-state index is 12.5. The number of likely N-dealkylation sites (N-methyl/N-ethyl adjacent to an activating group) is 1. The molecule has 0 aliphatic heterocycles. The second-order valence-electron chi connectivity index (χ2n) is 7.21. The van der Waals surface area contributed by atoms with Crippen LogP contribution in [-0.2, 0) is 17.8 Å². The van der Waals surface area contributed by atoms with Gasteiger partial charge in [0.25, 0.3) is 0 Å². The molecule has 0 N–H and O–H groups in total. The van der Waals surface area contributed by atoms with Gasteiger partial charge in [0.2, 0.25) is 5.91 Å². The fourth-order valence-corrected chi connectivity index (χ4v) is 3.54. The molecule has 5 nitrogen and oxygen atoms in total. The Hall–Kier alpha value is -2.30. The van der Waals surface area contributed by atoms with E-state index in [0.717, 1.165) is 41.2 Å². The van der Waals surface area contributed by atoms with Crippen molar-refractivity contribution < 1.29 is 14.1 Å². The van der Waals surface area contributed by atoms with Gasteiger partial charge in [-0.05, 0) is 44.4 Å². The summed E-state index contributed by atoms with van der Waals surface area (Å²) in [6.07, 6.45) is 6.48. The van der Waals surface area contributed by atoms with Crippen LogP contribution in [0.5, 0.6) is 5.75 Å². The number of aromatic nitrogens is 1. The van der Waals surface area contributed by atoms with E-state index in [0.29, 0.717) is 19.1 Å². The number of benzene rings is 1. The molecular formula is C21H28N2O3. The number of carbonyl (C=O) groups excluding carboxylic acids is 1. The van der Waals surface area contributed by atoms with Crippen molar-refractivity contribution in [2.75, 3.05) is 7.05 Å². The zero-order valence-corrected chi connectivity index (χ0v) is 16.0. The van der Waals surface area contributed by atoms with Gasteiger partial charge in [-0.1, -0.05) is 36.6 Å². The topological polar surface area (TPSA) is 55.6 Å². The summed E-state index contributed by atoms with van der Waals surface area (Å²) in [5.41, 5.74) is 2.86. The molecular weight excluding hydrogens is 328 g/mol. The highest BCUT2D eigenvalue weighted by atomic mass is 16.5. The lowest BCUT2D eigenvalue weighted by Crippen LogP contribution is -2.39. The summed E-state index contributed by atoms with van der Waals surface area (Å²) < 4.78 is 11.0. The largest absolute Gasteiger partial charge is 0.489 e. The maximum atomic E-state index is 12.5. The molecule has 26 heavy (non-hydrogen) atoms. The molecule has 0 radical (unpaired) electrons. The van der Waals surface area contributed by atoms with Gasteiger partial charge < -0.3 is 14.2 Å². The zero-order valence-electron chi connectivity index (χ0n) is 16.0. The average Bonchev–Trinajstić information content (AvgIpc) is 2.99. The molecule has 0 spiro atoms. The molecule has 1 aliphatic carbocycles. The van der Waals surface area contributed by atoms with E-state index in [2.05, 4.69) is 5.16 Å². The van der Waals surface area contributed by atoms with Crippen molar-refractivity contribution in [1.29, 1.82) is 0 Å². The summed E-state index contributed by atoms with van der Waals surface area (Å²) in [7, 11) is 1.94. The highest BCUT2D eigenvalue weighted by Gasteiger charge is 2.22. The Kier molecular flexibility index (Phi) is 5.96. The van der Waals surface area contributed by atoms with Gasteiger partial charge in [-0.3, -0.25) is 4.79 Å². The van der Waals surface area contributed by atoms with Crippen LogP contribution in [0.4, 0.5) is 0 Å². The number of hydrogen-bond acceptors (Lipinski definition) is 4. The lowest BCUT2D eigenvalue weighted by atomic mass is 9.94. The summed E-state index contributed by atoms with van der Waals surface area (Å²) in [5, 5.41) is 3.93. The van der Waals surface area contributed by atoms with E-state index in [-0.39, 0.29) is 5.91 Å². The van der Waals surface area contributed by atoms with E-state index in [4.69, 9.17) is 9.26 Å². The quantitative estimate of drug-likeness (QED) is 0.778. The number of ether oxygens (including phenoxy) is 1. The van der Waals surface area contributed by atoms with Crippen LogP contribution < -0.4 is 4.74 Å². The standard InChI is InChI=1S/C21H28N2O3/c1-15-20(16(2)26-22-15)14-25-19-11-9-17(10-12-19)13-21(24)23(3)18-7-5-4-6-8-18/h9-12,18H,4-8,13-14H2,1-3H3. The van der Waals surface area contributed by atoms with E-state index in [9.17, 15) is 4.79 Å². The Labute approximate surface area is 155 Å². The van der Waals surface area contributed by atoms with E-state index in [1.54, 1.807) is 0 Å². The van der Waals surface area contributed by atoms with Crippen molar-refractivity contribution in [1.82, 2.24) is 10.1 Å². The zero-order chi connectivity index (χ0) is 18.5. The Morgan fingerprint density at radius 2 is 1.88 bits per heavy atom. The Morgan fingerprint density at radius 1 is 1.19 bits per heavy atom. The fraction of sp³-hybridized carbons (Fsp3) is 0.524.